The van der Waals surface area contributed by atoms with E-state index in [1.807, 2.05) is 11.8 Å². The lowest BCUT2D eigenvalue weighted by Gasteiger charge is -2.28. The van der Waals surface area contributed by atoms with Crippen molar-refractivity contribution in [1.82, 2.24) is 5.32 Å². The number of benzene rings is 1. The van der Waals surface area contributed by atoms with E-state index >= 15 is 0 Å². The van der Waals surface area contributed by atoms with Gasteiger partial charge in [-0.25, -0.2) is 4.79 Å². The molecule has 0 heterocycles. The topological polar surface area (TPSA) is 58.6 Å². The molecule has 0 aliphatic heterocycles. The number of carboxylic acids is 1. The van der Waals surface area contributed by atoms with Gasteiger partial charge in [0.2, 0.25) is 0 Å². The van der Waals surface area contributed by atoms with Crippen molar-refractivity contribution in [3.05, 3.63) is 29.8 Å². The van der Waals surface area contributed by atoms with Crippen molar-refractivity contribution >= 4 is 17.7 Å². The van der Waals surface area contributed by atoms with Gasteiger partial charge in [-0.1, -0.05) is 6.42 Å². The number of ether oxygens (including phenoxy) is 1. The van der Waals surface area contributed by atoms with Gasteiger partial charge < -0.3 is 15.2 Å². The van der Waals surface area contributed by atoms with E-state index in [1.54, 1.807) is 24.3 Å². The maximum absolute atomic E-state index is 10.7. The summed E-state index contributed by atoms with van der Waals surface area (Å²) in [7, 11) is 0. The number of thioether (sulfide) groups is 1. The maximum atomic E-state index is 10.7. The highest BCUT2D eigenvalue weighted by Crippen LogP contribution is 2.26. The summed E-state index contributed by atoms with van der Waals surface area (Å²) in [5.74, 6) is -0.198. The van der Waals surface area contributed by atoms with Gasteiger partial charge in [0.05, 0.1) is 5.56 Å². The zero-order valence-corrected chi connectivity index (χ0v) is 13.2. The standard InChI is InChI=1S/C16H23NO3S/c1-21-15-4-2-3-13(11-15)17-9-10-20-14-7-5-12(6-8-14)16(18)19/h5-8,13,15,17H,2-4,9-11H2,1H3,(H,18,19). The molecule has 0 radical (unpaired) electrons. The maximum Gasteiger partial charge on any atom is 0.335 e. The quantitative estimate of drug-likeness (QED) is 0.758. The van der Waals surface area contributed by atoms with Crippen LogP contribution in [0, 0.1) is 0 Å². The van der Waals surface area contributed by atoms with Gasteiger partial charge in [0.1, 0.15) is 12.4 Å². The highest BCUT2D eigenvalue weighted by Gasteiger charge is 2.20. The summed E-state index contributed by atoms with van der Waals surface area (Å²) >= 11 is 1.97. The molecule has 2 atom stereocenters. The Labute approximate surface area is 130 Å². The molecule has 5 heteroatoms. The number of nitrogens with one attached hydrogen (secondary N) is 1. The first-order chi connectivity index (χ1) is 10.2. The van der Waals surface area contributed by atoms with Crippen LogP contribution in [-0.2, 0) is 0 Å². The molecule has 1 aliphatic rings. The van der Waals surface area contributed by atoms with E-state index in [0.717, 1.165) is 11.8 Å². The largest absolute Gasteiger partial charge is 0.492 e. The van der Waals surface area contributed by atoms with Crippen molar-refractivity contribution < 1.29 is 14.6 Å². The predicted molar refractivity (Wildman–Crippen MR) is 86.5 cm³/mol. The second-order valence-electron chi connectivity index (χ2n) is 5.35. The molecule has 21 heavy (non-hydrogen) atoms. The molecule has 2 N–H and O–H groups in total. The van der Waals surface area contributed by atoms with E-state index in [4.69, 9.17) is 9.84 Å². The number of hydrogen-bond acceptors (Lipinski definition) is 4. The molecule has 1 fully saturated rings. The minimum absolute atomic E-state index is 0.283. The highest BCUT2D eigenvalue weighted by atomic mass is 32.2. The molecule has 1 saturated carbocycles. The van der Waals surface area contributed by atoms with Crippen molar-refractivity contribution in [2.24, 2.45) is 0 Å². The van der Waals surface area contributed by atoms with Crippen LogP contribution in [-0.4, -0.2) is 41.8 Å². The zero-order valence-electron chi connectivity index (χ0n) is 12.4. The van der Waals surface area contributed by atoms with Crippen LogP contribution in [0.25, 0.3) is 0 Å². The van der Waals surface area contributed by atoms with E-state index in [-0.39, 0.29) is 5.56 Å². The summed E-state index contributed by atoms with van der Waals surface area (Å²) in [6.45, 7) is 1.43. The summed E-state index contributed by atoms with van der Waals surface area (Å²) in [5, 5.41) is 13.2. The van der Waals surface area contributed by atoms with Crippen LogP contribution in [0.4, 0.5) is 0 Å². The monoisotopic (exact) mass is 309 g/mol. The normalized spacial score (nSPS) is 22.0. The molecule has 1 aromatic carbocycles. The SMILES string of the molecule is CSC1CCCC(NCCOc2ccc(C(=O)O)cc2)C1. The second kappa shape index (κ2) is 8.29. The summed E-state index contributed by atoms with van der Waals surface area (Å²) < 4.78 is 5.62. The zero-order chi connectivity index (χ0) is 15.1. The number of carboxylic acid groups (broad SMARTS) is 1. The molecular formula is C16H23NO3S. The van der Waals surface area contributed by atoms with Crippen molar-refractivity contribution in [1.29, 1.82) is 0 Å². The van der Waals surface area contributed by atoms with E-state index in [1.165, 1.54) is 25.7 Å². The van der Waals surface area contributed by atoms with Gasteiger partial charge in [0.25, 0.3) is 0 Å². The molecule has 0 amide bonds. The summed E-state index contributed by atoms with van der Waals surface area (Å²) in [5.41, 5.74) is 0.283. The molecule has 2 unspecified atom stereocenters. The fourth-order valence-electron chi connectivity index (χ4n) is 2.67. The lowest BCUT2D eigenvalue weighted by molar-refractivity contribution is 0.0697. The number of rotatable bonds is 7. The minimum Gasteiger partial charge on any atom is -0.492 e. The Bertz CT molecular complexity index is 449. The smallest absolute Gasteiger partial charge is 0.335 e. The van der Waals surface area contributed by atoms with Crippen molar-refractivity contribution in [3.8, 4) is 5.75 Å². The number of hydrogen-bond donors (Lipinski definition) is 2. The third-order valence-corrected chi connectivity index (χ3v) is 4.96. The van der Waals surface area contributed by atoms with E-state index in [2.05, 4.69) is 11.6 Å². The highest BCUT2D eigenvalue weighted by molar-refractivity contribution is 7.99. The van der Waals surface area contributed by atoms with Crippen LogP contribution in [0.1, 0.15) is 36.0 Å². The molecule has 0 spiro atoms. The Morgan fingerprint density at radius 1 is 1.38 bits per heavy atom. The van der Waals surface area contributed by atoms with E-state index in [0.29, 0.717) is 18.4 Å². The predicted octanol–water partition coefficient (Wildman–Crippen LogP) is 3.03. The molecule has 116 valence electrons. The molecule has 1 aromatic rings. The van der Waals surface area contributed by atoms with E-state index in [9.17, 15) is 4.79 Å². The first kappa shape index (κ1) is 16.2. The third kappa shape index (κ3) is 5.25. The van der Waals surface area contributed by atoms with Crippen molar-refractivity contribution in [2.45, 2.75) is 37.0 Å². The van der Waals surface area contributed by atoms with Crippen molar-refractivity contribution in [3.63, 3.8) is 0 Å². The molecule has 0 aromatic heterocycles. The minimum atomic E-state index is -0.913. The first-order valence-electron chi connectivity index (χ1n) is 7.41. The van der Waals surface area contributed by atoms with Gasteiger partial charge in [-0.05, 0) is 49.8 Å². The molecule has 2 rings (SSSR count). The van der Waals surface area contributed by atoms with Crippen LogP contribution >= 0.6 is 11.8 Å². The van der Waals surface area contributed by atoms with Gasteiger partial charge in [0, 0.05) is 17.8 Å². The van der Waals surface area contributed by atoms with Crippen LogP contribution in [0.15, 0.2) is 24.3 Å². The summed E-state index contributed by atoms with van der Waals surface area (Å²) in [4.78, 5) is 10.7. The van der Waals surface area contributed by atoms with Crippen LogP contribution in [0.3, 0.4) is 0 Å². The average molecular weight is 309 g/mol. The van der Waals surface area contributed by atoms with Crippen LogP contribution in [0.5, 0.6) is 5.75 Å². The Morgan fingerprint density at radius 3 is 2.81 bits per heavy atom. The fraction of sp³-hybridized carbons (Fsp3) is 0.562. The Hall–Kier alpha value is -1.20. The summed E-state index contributed by atoms with van der Waals surface area (Å²) in [6, 6.07) is 7.14. The Kier molecular flexibility index (Phi) is 6.39. The Morgan fingerprint density at radius 2 is 2.14 bits per heavy atom. The Balaban J connectivity index is 1.66. The summed E-state index contributed by atoms with van der Waals surface area (Å²) in [6.07, 6.45) is 7.34. The fourth-order valence-corrected chi connectivity index (χ4v) is 3.50. The van der Waals surface area contributed by atoms with Gasteiger partial charge in [0.15, 0.2) is 0 Å². The van der Waals surface area contributed by atoms with Crippen LogP contribution in [0.2, 0.25) is 0 Å². The van der Waals surface area contributed by atoms with Gasteiger partial charge in [-0.3, -0.25) is 0 Å². The lowest BCUT2D eigenvalue weighted by Crippen LogP contribution is -2.37. The number of aromatic carboxylic acids is 1. The lowest BCUT2D eigenvalue weighted by atomic mass is 9.95. The van der Waals surface area contributed by atoms with Gasteiger partial charge in [-0.15, -0.1) is 0 Å². The second-order valence-corrected chi connectivity index (χ2v) is 6.49. The molecule has 4 nitrogen and oxygen atoms in total. The van der Waals surface area contributed by atoms with Crippen LogP contribution < -0.4 is 10.1 Å². The molecule has 1 aliphatic carbocycles. The van der Waals surface area contributed by atoms with Gasteiger partial charge >= 0.3 is 5.97 Å². The van der Waals surface area contributed by atoms with Crippen molar-refractivity contribution in [2.75, 3.05) is 19.4 Å². The number of carbonyl (C=O) groups is 1. The molecule has 0 bridgehead atoms. The molecule has 0 saturated heterocycles. The molecular weight excluding hydrogens is 286 g/mol. The third-order valence-electron chi connectivity index (χ3n) is 3.86. The average Bonchev–Trinajstić information content (AvgIpc) is 2.52. The van der Waals surface area contributed by atoms with E-state index < -0.39 is 5.97 Å². The first-order valence-corrected chi connectivity index (χ1v) is 8.70. The van der Waals surface area contributed by atoms with Gasteiger partial charge in [-0.2, -0.15) is 11.8 Å².